The average Bonchev–Trinajstić information content (AvgIpc) is 2.05. The lowest BCUT2D eigenvalue weighted by Crippen LogP contribution is -2.30. The zero-order chi connectivity index (χ0) is 10.1. The van der Waals surface area contributed by atoms with E-state index in [4.69, 9.17) is 0 Å². The van der Waals surface area contributed by atoms with Crippen LogP contribution >= 0.6 is 0 Å². The molecule has 14 heavy (non-hydrogen) atoms. The molecule has 1 aromatic heterocycles. The van der Waals surface area contributed by atoms with Gasteiger partial charge in [0.15, 0.2) is 0 Å². The minimum absolute atomic E-state index is 0.0310. The van der Waals surface area contributed by atoms with E-state index in [-0.39, 0.29) is 11.9 Å². The highest BCUT2D eigenvalue weighted by atomic mass is 16.1. The molecular formula is C10H13N3O. The van der Waals surface area contributed by atoms with Gasteiger partial charge in [-0.3, -0.25) is 15.0 Å². The van der Waals surface area contributed by atoms with E-state index in [1.54, 1.807) is 0 Å². The molecule has 4 heteroatoms. The Morgan fingerprint density at radius 1 is 1.29 bits per heavy atom. The third-order valence-corrected chi connectivity index (χ3v) is 2.03. The number of aromatic nitrogens is 2. The summed E-state index contributed by atoms with van der Waals surface area (Å²) in [4.78, 5) is 11.6. The number of amides is 1. The van der Waals surface area contributed by atoms with E-state index in [1.165, 1.54) is 0 Å². The topological polar surface area (TPSA) is 60.7 Å². The van der Waals surface area contributed by atoms with Crippen LogP contribution in [0.3, 0.4) is 0 Å². The molecule has 0 unspecified atom stereocenters. The van der Waals surface area contributed by atoms with Gasteiger partial charge in [0.25, 0.3) is 5.91 Å². The molecule has 0 fully saturated rings. The molecule has 0 aliphatic rings. The van der Waals surface area contributed by atoms with Gasteiger partial charge in [0.05, 0.1) is 11.0 Å². The predicted molar refractivity (Wildman–Crippen MR) is 55.3 cm³/mol. The quantitative estimate of drug-likeness (QED) is 0.664. The second-order valence-corrected chi connectivity index (χ2v) is 3.64. The van der Waals surface area contributed by atoms with Gasteiger partial charge in [0.2, 0.25) is 0 Å². The number of carbonyl (C=O) groups is 1. The van der Waals surface area contributed by atoms with E-state index in [0.29, 0.717) is 5.56 Å². The maximum absolute atomic E-state index is 11.6. The molecule has 2 aromatic rings. The highest BCUT2D eigenvalue weighted by Gasteiger charge is 2.08. The van der Waals surface area contributed by atoms with Gasteiger partial charge >= 0.3 is 0 Å². The van der Waals surface area contributed by atoms with E-state index in [9.17, 15) is 4.79 Å². The van der Waals surface area contributed by atoms with Crippen LogP contribution in [0.25, 0.3) is 11.0 Å². The summed E-state index contributed by atoms with van der Waals surface area (Å²) in [5.41, 5.74) is 2.69. The van der Waals surface area contributed by atoms with Crippen molar-refractivity contribution in [3.8, 4) is 0 Å². The summed E-state index contributed by atoms with van der Waals surface area (Å²) in [7, 11) is 0. The largest absolute Gasteiger partial charge is 0.350 e. The van der Waals surface area contributed by atoms with Crippen molar-refractivity contribution in [1.29, 1.82) is 0 Å². The smallest absolute Gasteiger partial charge is 0.251 e. The average molecular weight is 191 g/mol. The highest BCUT2D eigenvalue weighted by molar-refractivity contribution is 5.97. The van der Waals surface area contributed by atoms with Gasteiger partial charge in [0.1, 0.15) is 0 Å². The molecule has 4 nitrogen and oxygen atoms in total. The first kappa shape index (κ1) is 8.87. The molecule has 0 aliphatic heterocycles. The molecular weight excluding hydrogens is 178 g/mol. The second-order valence-electron chi connectivity index (χ2n) is 3.64. The van der Waals surface area contributed by atoms with Crippen molar-refractivity contribution in [3.63, 3.8) is 0 Å². The summed E-state index contributed by atoms with van der Waals surface area (Å²) in [5.74, 6) is -0.0310. The van der Waals surface area contributed by atoms with Crippen LogP contribution < -0.4 is 5.32 Å². The number of aromatic amines is 2. The van der Waals surface area contributed by atoms with Gasteiger partial charge in [-0.2, -0.15) is 0 Å². The molecule has 1 amide bonds. The monoisotopic (exact) mass is 191 g/mol. The van der Waals surface area contributed by atoms with Crippen LogP contribution in [-0.4, -0.2) is 22.1 Å². The number of carbonyl (C=O) groups excluding carboxylic acids is 1. The molecule has 0 saturated heterocycles. The van der Waals surface area contributed by atoms with Gasteiger partial charge in [-0.1, -0.05) is 0 Å². The van der Waals surface area contributed by atoms with Crippen LogP contribution in [-0.2, 0) is 0 Å². The Morgan fingerprint density at radius 2 is 2.00 bits per heavy atom. The highest BCUT2D eigenvalue weighted by Crippen LogP contribution is 2.12. The molecule has 0 bridgehead atoms. The minimum Gasteiger partial charge on any atom is -0.350 e. The van der Waals surface area contributed by atoms with Gasteiger partial charge < -0.3 is 5.32 Å². The molecule has 0 aliphatic carbocycles. The van der Waals surface area contributed by atoms with E-state index < -0.39 is 0 Å². The first-order valence-electron chi connectivity index (χ1n) is 4.64. The number of rotatable bonds is 2. The fourth-order valence-corrected chi connectivity index (χ4v) is 1.32. The molecule has 0 radical (unpaired) electrons. The van der Waals surface area contributed by atoms with Crippen molar-refractivity contribution in [2.45, 2.75) is 19.9 Å². The van der Waals surface area contributed by atoms with E-state index >= 15 is 0 Å². The first-order valence-corrected chi connectivity index (χ1v) is 4.64. The molecule has 0 saturated carbocycles. The Hall–Kier alpha value is -1.71. The van der Waals surface area contributed by atoms with Crippen molar-refractivity contribution in [2.24, 2.45) is 0 Å². The van der Waals surface area contributed by atoms with Gasteiger partial charge in [-0.05, 0) is 32.0 Å². The Kier molecular flexibility index (Phi) is 2.04. The Bertz CT molecular complexity index is 453. The summed E-state index contributed by atoms with van der Waals surface area (Å²) in [6.07, 6.45) is 0. The molecule has 1 aromatic carbocycles. The molecule has 0 spiro atoms. The number of hydrogen-bond donors (Lipinski definition) is 3. The van der Waals surface area contributed by atoms with Crippen LogP contribution in [0, 0.1) is 0 Å². The van der Waals surface area contributed by atoms with Crippen LogP contribution in [0.15, 0.2) is 18.2 Å². The van der Waals surface area contributed by atoms with E-state index in [0.717, 1.165) is 11.0 Å². The Labute approximate surface area is 81.7 Å². The third kappa shape index (κ3) is 1.51. The maximum atomic E-state index is 11.6. The minimum atomic E-state index is -0.0310. The standard InChI is InChI=1S/C10H13N3O/c1-6(2)11-10(14)7-3-4-8-9(5-7)13-12-8/h3-6,12-13H,1-2H3,(H,11,14). The Balaban J connectivity index is 2.23. The molecule has 1 heterocycles. The zero-order valence-electron chi connectivity index (χ0n) is 8.22. The van der Waals surface area contributed by atoms with Crippen LogP contribution in [0.2, 0.25) is 0 Å². The van der Waals surface area contributed by atoms with Crippen molar-refractivity contribution < 1.29 is 4.79 Å². The zero-order valence-corrected chi connectivity index (χ0v) is 8.22. The van der Waals surface area contributed by atoms with Crippen molar-refractivity contribution in [3.05, 3.63) is 23.8 Å². The number of H-pyrrole nitrogens is 2. The SMILES string of the molecule is CC(C)NC(=O)c1ccc2[nH][nH]c2c1. The van der Waals surface area contributed by atoms with Crippen molar-refractivity contribution in [1.82, 2.24) is 15.5 Å². The fourth-order valence-electron chi connectivity index (χ4n) is 1.32. The van der Waals surface area contributed by atoms with Crippen molar-refractivity contribution >= 4 is 16.9 Å². The normalized spacial score (nSPS) is 11.1. The third-order valence-electron chi connectivity index (χ3n) is 2.03. The maximum Gasteiger partial charge on any atom is 0.251 e. The van der Waals surface area contributed by atoms with E-state index in [2.05, 4.69) is 15.5 Å². The van der Waals surface area contributed by atoms with Crippen LogP contribution in [0.4, 0.5) is 0 Å². The second kappa shape index (κ2) is 3.21. The Morgan fingerprint density at radius 3 is 2.50 bits per heavy atom. The summed E-state index contributed by atoms with van der Waals surface area (Å²) in [5, 5.41) is 8.66. The van der Waals surface area contributed by atoms with Crippen molar-refractivity contribution in [2.75, 3.05) is 0 Å². The van der Waals surface area contributed by atoms with Gasteiger partial charge in [0, 0.05) is 11.6 Å². The fraction of sp³-hybridized carbons (Fsp3) is 0.300. The predicted octanol–water partition coefficient (Wildman–Crippen LogP) is 1.63. The number of fused-ring (bicyclic) bond motifs is 1. The summed E-state index contributed by atoms with van der Waals surface area (Å²) in [6.45, 7) is 3.89. The van der Waals surface area contributed by atoms with Crippen LogP contribution in [0.1, 0.15) is 24.2 Å². The number of benzene rings is 1. The summed E-state index contributed by atoms with van der Waals surface area (Å²) in [6, 6.07) is 5.70. The van der Waals surface area contributed by atoms with Crippen LogP contribution in [0.5, 0.6) is 0 Å². The summed E-state index contributed by atoms with van der Waals surface area (Å²) < 4.78 is 0. The lowest BCUT2D eigenvalue weighted by Gasteiger charge is -2.09. The summed E-state index contributed by atoms with van der Waals surface area (Å²) >= 11 is 0. The molecule has 3 N–H and O–H groups in total. The lowest BCUT2D eigenvalue weighted by atomic mass is 10.1. The van der Waals surface area contributed by atoms with Gasteiger partial charge in [-0.15, -0.1) is 0 Å². The first-order chi connectivity index (χ1) is 6.66. The van der Waals surface area contributed by atoms with Gasteiger partial charge in [-0.25, -0.2) is 0 Å². The molecule has 0 atom stereocenters. The molecule has 2 rings (SSSR count). The number of nitrogens with one attached hydrogen (secondary N) is 3. The molecule has 74 valence electrons. The number of hydrogen-bond acceptors (Lipinski definition) is 1. The lowest BCUT2D eigenvalue weighted by molar-refractivity contribution is 0.0943. The van der Waals surface area contributed by atoms with E-state index in [1.807, 2.05) is 32.0 Å².